The van der Waals surface area contributed by atoms with Gasteiger partial charge >= 0.3 is 11.9 Å². The highest BCUT2D eigenvalue weighted by Gasteiger charge is 2.23. The van der Waals surface area contributed by atoms with Gasteiger partial charge in [-0.1, -0.05) is 26.0 Å². The first kappa shape index (κ1) is 22.7. The largest absolute Gasteiger partial charge is 0.459 e. The highest BCUT2D eigenvalue weighted by molar-refractivity contribution is 6.21. The van der Waals surface area contributed by atoms with Crippen molar-refractivity contribution in [3.8, 4) is 0 Å². The van der Waals surface area contributed by atoms with Crippen LogP contribution in [0.3, 0.4) is 0 Å². The standard InChI is InChI=1S/C18H24Cl2O6/c1-3-13(19)15(21)9-25-17(23)11-7-5-6-8-12(11)18(24)26-10-16(22)14(20)4-2/h5-8,13-16,21-22H,3-4,9-10H2,1-2H3. The van der Waals surface area contributed by atoms with Crippen molar-refractivity contribution in [2.45, 2.75) is 49.7 Å². The fourth-order valence-corrected chi connectivity index (χ4v) is 2.22. The molecule has 0 radical (unpaired) electrons. The summed E-state index contributed by atoms with van der Waals surface area (Å²) in [5.41, 5.74) is -0.000508. The molecule has 146 valence electrons. The molecule has 0 aliphatic rings. The van der Waals surface area contributed by atoms with Crippen LogP contribution in [0.2, 0.25) is 0 Å². The third kappa shape index (κ3) is 6.76. The molecule has 1 aromatic carbocycles. The molecule has 0 heterocycles. The Bertz CT molecular complexity index is 544. The van der Waals surface area contributed by atoms with Gasteiger partial charge < -0.3 is 19.7 Å². The summed E-state index contributed by atoms with van der Waals surface area (Å²) in [5.74, 6) is -1.55. The van der Waals surface area contributed by atoms with E-state index in [0.29, 0.717) is 12.8 Å². The molecule has 0 saturated carbocycles. The number of rotatable bonds is 10. The average molecular weight is 407 g/mol. The Balaban J connectivity index is 2.74. The van der Waals surface area contributed by atoms with E-state index in [1.54, 1.807) is 26.0 Å². The maximum Gasteiger partial charge on any atom is 0.339 e. The van der Waals surface area contributed by atoms with Crippen LogP contribution >= 0.6 is 23.2 Å². The SMILES string of the molecule is CCC(Cl)C(O)COC(=O)c1ccccc1C(=O)OCC(O)C(Cl)CC. The monoisotopic (exact) mass is 406 g/mol. The number of carbonyl (C=O) groups excluding carboxylic acids is 2. The Hall–Kier alpha value is -1.34. The van der Waals surface area contributed by atoms with Crippen molar-refractivity contribution >= 4 is 35.1 Å². The summed E-state index contributed by atoms with van der Waals surface area (Å²) in [4.78, 5) is 24.4. The zero-order valence-electron chi connectivity index (χ0n) is 14.7. The van der Waals surface area contributed by atoms with E-state index in [2.05, 4.69) is 0 Å². The fraction of sp³-hybridized carbons (Fsp3) is 0.556. The van der Waals surface area contributed by atoms with Gasteiger partial charge in [0.05, 0.1) is 21.9 Å². The van der Waals surface area contributed by atoms with Crippen molar-refractivity contribution in [3.63, 3.8) is 0 Å². The molecule has 0 aromatic heterocycles. The van der Waals surface area contributed by atoms with Gasteiger partial charge in [-0.05, 0) is 25.0 Å². The maximum absolute atomic E-state index is 12.2. The second kappa shape index (κ2) is 11.4. The predicted molar refractivity (Wildman–Crippen MR) is 98.9 cm³/mol. The maximum atomic E-state index is 12.2. The Morgan fingerprint density at radius 2 is 1.23 bits per heavy atom. The molecule has 1 rings (SSSR count). The van der Waals surface area contributed by atoms with E-state index in [0.717, 1.165) is 0 Å². The molecule has 0 bridgehead atoms. The van der Waals surface area contributed by atoms with Gasteiger partial charge in [0.15, 0.2) is 0 Å². The minimum atomic E-state index is -1.01. The minimum absolute atomic E-state index is 0.000254. The molecule has 6 nitrogen and oxygen atoms in total. The van der Waals surface area contributed by atoms with Crippen LogP contribution in [0, 0.1) is 0 Å². The van der Waals surface area contributed by atoms with Crippen LogP contribution in [0.1, 0.15) is 47.4 Å². The molecule has 4 unspecified atom stereocenters. The molecule has 0 saturated heterocycles. The van der Waals surface area contributed by atoms with Gasteiger partial charge in [-0.2, -0.15) is 0 Å². The summed E-state index contributed by atoms with van der Waals surface area (Å²) in [6.45, 7) is 3.03. The van der Waals surface area contributed by atoms with Gasteiger partial charge in [0, 0.05) is 0 Å². The third-order valence-electron chi connectivity index (χ3n) is 3.75. The summed E-state index contributed by atoms with van der Waals surface area (Å²) in [6.07, 6.45) is -0.973. The number of hydrogen-bond donors (Lipinski definition) is 2. The van der Waals surface area contributed by atoms with Crippen LogP contribution in [0.5, 0.6) is 0 Å². The van der Waals surface area contributed by atoms with Gasteiger partial charge in [0.1, 0.15) is 25.4 Å². The number of carbonyl (C=O) groups is 2. The summed E-state index contributed by atoms with van der Waals surface area (Å²) in [6, 6.07) is 5.97. The lowest BCUT2D eigenvalue weighted by atomic mass is 10.1. The van der Waals surface area contributed by atoms with Crippen LogP contribution in [0.25, 0.3) is 0 Å². The summed E-state index contributed by atoms with van der Waals surface area (Å²) < 4.78 is 10.1. The smallest absolute Gasteiger partial charge is 0.339 e. The van der Waals surface area contributed by atoms with E-state index in [9.17, 15) is 19.8 Å². The zero-order chi connectivity index (χ0) is 19.7. The first-order chi connectivity index (χ1) is 12.3. The Kier molecular flexibility index (Phi) is 9.94. The topological polar surface area (TPSA) is 93.1 Å². The fourth-order valence-electron chi connectivity index (χ4n) is 2.07. The molecule has 0 amide bonds. The number of hydrogen-bond acceptors (Lipinski definition) is 6. The molecular weight excluding hydrogens is 383 g/mol. The number of aliphatic hydroxyl groups excluding tert-OH is 2. The predicted octanol–water partition coefficient (Wildman–Crippen LogP) is 2.76. The van der Waals surface area contributed by atoms with E-state index in [4.69, 9.17) is 32.7 Å². The van der Waals surface area contributed by atoms with Gasteiger partial charge in [-0.3, -0.25) is 0 Å². The van der Waals surface area contributed by atoms with E-state index < -0.39 is 34.9 Å². The number of benzene rings is 1. The van der Waals surface area contributed by atoms with Crippen LogP contribution in [0.15, 0.2) is 24.3 Å². The van der Waals surface area contributed by atoms with Gasteiger partial charge in [-0.15, -0.1) is 23.2 Å². The Morgan fingerprint density at radius 3 is 1.54 bits per heavy atom. The lowest BCUT2D eigenvalue weighted by Crippen LogP contribution is -2.29. The summed E-state index contributed by atoms with van der Waals surface area (Å²) >= 11 is 11.8. The second-order valence-electron chi connectivity index (χ2n) is 5.73. The highest BCUT2D eigenvalue weighted by Crippen LogP contribution is 2.15. The molecule has 1 aromatic rings. The van der Waals surface area contributed by atoms with Gasteiger partial charge in [-0.25, -0.2) is 9.59 Å². The van der Waals surface area contributed by atoms with Crippen LogP contribution < -0.4 is 0 Å². The molecule has 2 N–H and O–H groups in total. The van der Waals surface area contributed by atoms with Crippen molar-refractivity contribution in [1.82, 2.24) is 0 Å². The summed E-state index contributed by atoms with van der Waals surface area (Å²) in [7, 11) is 0. The molecule has 0 aliphatic carbocycles. The molecule has 0 fully saturated rings. The van der Waals surface area contributed by atoms with Crippen LogP contribution in [0.4, 0.5) is 0 Å². The quantitative estimate of drug-likeness (QED) is 0.458. The van der Waals surface area contributed by atoms with E-state index in [1.165, 1.54) is 12.1 Å². The third-order valence-corrected chi connectivity index (χ3v) is 4.95. The number of alkyl halides is 2. The van der Waals surface area contributed by atoms with E-state index in [1.807, 2.05) is 0 Å². The van der Waals surface area contributed by atoms with E-state index >= 15 is 0 Å². The van der Waals surface area contributed by atoms with Crippen molar-refractivity contribution in [3.05, 3.63) is 35.4 Å². The number of ether oxygens (including phenoxy) is 2. The van der Waals surface area contributed by atoms with Gasteiger partial charge in [0.25, 0.3) is 0 Å². The summed E-state index contributed by atoms with van der Waals surface area (Å²) in [5, 5.41) is 18.5. The Labute approximate surface area is 163 Å². The minimum Gasteiger partial charge on any atom is -0.459 e. The van der Waals surface area contributed by atoms with Crippen molar-refractivity contribution in [2.75, 3.05) is 13.2 Å². The lowest BCUT2D eigenvalue weighted by molar-refractivity contribution is 0.0210. The average Bonchev–Trinajstić information content (AvgIpc) is 2.68. The second-order valence-corrected chi connectivity index (χ2v) is 6.85. The molecule has 4 atom stereocenters. The van der Waals surface area contributed by atoms with E-state index in [-0.39, 0.29) is 24.3 Å². The molecule has 26 heavy (non-hydrogen) atoms. The van der Waals surface area contributed by atoms with Crippen LogP contribution in [-0.4, -0.2) is 58.3 Å². The lowest BCUT2D eigenvalue weighted by Gasteiger charge is -2.17. The molecule has 0 spiro atoms. The zero-order valence-corrected chi connectivity index (χ0v) is 16.2. The first-order valence-corrected chi connectivity index (χ1v) is 9.26. The number of halogens is 2. The van der Waals surface area contributed by atoms with Crippen molar-refractivity contribution in [1.29, 1.82) is 0 Å². The normalized spacial score (nSPS) is 15.6. The van der Waals surface area contributed by atoms with Crippen LogP contribution in [-0.2, 0) is 9.47 Å². The first-order valence-electron chi connectivity index (χ1n) is 8.39. The van der Waals surface area contributed by atoms with Crippen molar-refractivity contribution < 1.29 is 29.3 Å². The van der Waals surface area contributed by atoms with Crippen molar-refractivity contribution in [2.24, 2.45) is 0 Å². The molecule has 8 heteroatoms. The Morgan fingerprint density at radius 1 is 0.885 bits per heavy atom. The van der Waals surface area contributed by atoms with Gasteiger partial charge in [0.2, 0.25) is 0 Å². The molecule has 0 aliphatic heterocycles. The number of aliphatic hydroxyl groups is 2. The number of esters is 2. The molecular formula is C18H24Cl2O6. The highest BCUT2D eigenvalue weighted by atomic mass is 35.5.